The highest BCUT2D eigenvalue weighted by Gasteiger charge is 2.35. The molecule has 0 amide bonds. The lowest BCUT2D eigenvalue weighted by atomic mass is 10.2. The van der Waals surface area contributed by atoms with Crippen molar-refractivity contribution >= 4 is 23.2 Å². The molecule has 2 aromatic rings. The van der Waals surface area contributed by atoms with Gasteiger partial charge in [0.1, 0.15) is 11.4 Å². The maximum Gasteiger partial charge on any atom is 0.431 e. The molecule has 0 spiro atoms. The van der Waals surface area contributed by atoms with E-state index in [1.807, 2.05) is 0 Å². The lowest BCUT2D eigenvalue weighted by Crippen LogP contribution is -2.41. The number of hydrogen-bond donors (Lipinski definition) is 0. The van der Waals surface area contributed by atoms with Crippen LogP contribution in [0, 0.1) is 0 Å². The number of methoxy groups -OCH3 is 1. The predicted octanol–water partition coefficient (Wildman–Crippen LogP) is 2.93. The Kier molecular flexibility index (Phi) is 5.00. The first-order chi connectivity index (χ1) is 11.1. The third kappa shape index (κ3) is 3.44. The zero-order valence-electron chi connectivity index (χ0n) is 12.4. The second-order valence-corrected chi connectivity index (χ2v) is 5.69. The molecule has 1 heterocycles. The highest BCUT2D eigenvalue weighted by molar-refractivity contribution is 6.34. The quantitative estimate of drug-likeness (QED) is 0.819. The third-order valence-corrected chi connectivity index (χ3v) is 3.97. The number of nitrogens with zero attached hydrogens (tertiary/aromatic N) is 2. The summed E-state index contributed by atoms with van der Waals surface area (Å²) in [6, 6.07) is 3.19. The normalized spacial score (nSPS) is 11.6. The molecule has 24 heavy (non-hydrogen) atoms. The van der Waals surface area contributed by atoms with Gasteiger partial charge in [0.15, 0.2) is 0 Å². The summed E-state index contributed by atoms with van der Waals surface area (Å²) in [7, 11) is 2.28. The van der Waals surface area contributed by atoms with Crippen molar-refractivity contribution in [1.29, 1.82) is 0 Å². The smallest absolute Gasteiger partial charge is 0.431 e. The Bertz CT molecular complexity index is 904. The predicted molar refractivity (Wildman–Crippen MR) is 83.1 cm³/mol. The summed E-state index contributed by atoms with van der Waals surface area (Å²) in [5, 5.41) is 0.346. The first-order valence-corrected chi connectivity index (χ1v) is 7.21. The fraction of sp³-hybridized carbons (Fsp3) is 0.286. The van der Waals surface area contributed by atoms with E-state index in [1.165, 1.54) is 19.2 Å². The molecule has 0 aliphatic heterocycles. The highest BCUT2D eigenvalue weighted by atomic mass is 35.5. The van der Waals surface area contributed by atoms with Crippen LogP contribution in [0.1, 0.15) is 11.3 Å². The van der Waals surface area contributed by atoms with Crippen LogP contribution in [0.15, 0.2) is 27.8 Å². The first-order valence-electron chi connectivity index (χ1n) is 6.46. The molecule has 2 rings (SSSR count). The summed E-state index contributed by atoms with van der Waals surface area (Å²) in [5.74, 6) is 0.218. The summed E-state index contributed by atoms with van der Waals surface area (Å²) in [6.07, 6.45) is -4.82. The van der Waals surface area contributed by atoms with E-state index < -0.39 is 23.1 Å². The molecule has 0 N–H and O–H groups in total. The molecule has 0 bridgehead atoms. The van der Waals surface area contributed by atoms with Crippen LogP contribution in [0.5, 0.6) is 5.75 Å². The highest BCUT2D eigenvalue weighted by Crippen LogP contribution is 2.32. The maximum absolute atomic E-state index is 12.8. The standard InChI is InChI=1S/C14H11Cl2F3N2O3/c1-20-10(14(17,18)19)5-11(22)21(13(20)23)6-7-3-8(15)4-9(24-2)12(7)16/h3-5H,6H2,1-2H3. The van der Waals surface area contributed by atoms with Crippen LogP contribution in [0.3, 0.4) is 0 Å². The van der Waals surface area contributed by atoms with Gasteiger partial charge in [-0.3, -0.25) is 13.9 Å². The zero-order chi connectivity index (χ0) is 18.2. The van der Waals surface area contributed by atoms with Crippen molar-refractivity contribution in [3.05, 3.63) is 60.3 Å². The molecule has 130 valence electrons. The van der Waals surface area contributed by atoms with Gasteiger partial charge >= 0.3 is 11.9 Å². The Labute approximate surface area is 143 Å². The molecule has 0 fully saturated rings. The van der Waals surface area contributed by atoms with Crippen LogP contribution >= 0.6 is 23.2 Å². The molecule has 0 saturated carbocycles. The van der Waals surface area contributed by atoms with Crippen molar-refractivity contribution in [3.63, 3.8) is 0 Å². The van der Waals surface area contributed by atoms with Crippen molar-refractivity contribution in [1.82, 2.24) is 9.13 Å². The zero-order valence-corrected chi connectivity index (χ0v) is 14.0. The number of alkyl halides is 3. The molecular formula is C14H11Cl2F3N2O3. The second-order valence-electron chi connectivity index (χ2n) is 4.87. The Morgan fingerprint density at radius 2 is 1.79 bits per heavy atom. The largest absolute Gasteiger partial charge is 0.495 e. The van der Waals surface area contributed by atoms with Crippen molar-refractivity contribution in [2.75, 3.05) is 7.11 Å². The second kappa shape index (κ2) is 6.52. The molecule has 0 atom stereocenters. The molecule has 1 aromatic heterocycles. The number of aromatic nitrogens is 2. The van der Waals surface area contributed by atoms with Crippen LogP contribution in [-0.4, -0.2) is 16.2 Å². The summed E-state index contributed by atoms with van der Waals surface area (Å²) >= 11 is 12.0. The van der Waals surface area contributed by atoms with Gasteiger partial charge in [0, 0.05) is 24.2 Å². The Balaban J connectivity index is 2.61. The van der Waals surface area contributed by atoms with Gasteiger partial charge < -0.3 is 4.74 Å². The van der Waals surface area contributed by atoms with E-state index in [0.717, 1.165) is 7.05 Å². The molecule has 1 aromatic carbocycles. The van der Waals surface area contributed by atoms with Crippen LogP contribution in [0.4, 0.5) is 13.2 Å². The number of ether oxygens (including phenoxy) is 1. The maximum atomic E-state index is 12.8. The number of rotatable bonds is 3. The van der Waals surface area contributed by atoms with E-state index in [4.69, 9.17) is 27.9 Å². The fourth-order valence-corrected chi connectivity index (χ4v) is 2.62. The molecule has 0 aliphatic rings. The minimum Gasteiger partial charge on any atom is -0.495 e. The summed E-state index contributed by atoms with van der Waals surface area (Å²) < 4.78 is 44.5. The van der Waals surface area contributed by atoms with Crippen LogP contribution in [-0.2, 0) is 19.8 Å². The Morgan fingerprint density at radius 1 is 1.17 bits per heavy atom. The SMILES string of the molecule is COc1cc(Cl)cc(Cn2c(=O)cc(C(F)(F)F)n(C)c2=O)c1Cl. The van der Waals surface area contributed by atoms with Gasteiger partial charge in [-0.1, -0.05) is 23.2 Å². The van der Waals surface area contributed by atoms with Crippen molar-refractivity contribution in [2.24, 2.45) is 7.05 Å². The molecule has 5 nitrogen and oxygen atoms in total. The van der Waals surface area contributed by atoms with Crippen LogP contribution in [0.25, 0.3) is 0 Å². The monoisotopic (exact) mass is 382 g/mol. The van der Waals surface area contributed by atoms with Crippen molar-refractivity contribution < 1.29 is 17.9 Å². The Morgan fingerprint density at radius 3 is 2.33 bits per heavy atom. The molecule has 0 aliphatic carbocycles. The average Bonchev–Trinajstić information content (AvgIpc) is 2.49. The van der Waals surface area contributed by atoms with E-state index in [9.17, 15) is 22.8 Å². The summed E-state index contributed by atoms with van der Waals surface area (Å²) in [6.45, 7) is -0.348. The average molecular weight is 383 g/mol. The lowest BCUT2D eigenvalue weighted by molar-refractivity contribution is -0.144. The molecule has 0 saturated heterocycles. The fourth-order valence-electron chi connectivity index (χ4n) is 2.14. The van der Waals surface area contributed by atoms with Gasteiger partial charge in [-0.15, -0.1) is 0 Å². The van der Waals surface area contributed by atoms with E-state index in [1.54, 1.807) is 0 Å². The minimum absolute atomic E-state index is 0.107. The van der Waals surface area contributed by atoms with E-state index >= 15 is 0 Å². The van der Waals surface area contributed by atoms with Gasteiger partial charge in [0.05, 0.1) is 18.7 Å². The summed E-state index contributed by atoms with van der Waals surface area (Å²) in [5.41, 5.74) is -3.28. The van der Waals surface area contributed by atoms with E-state index in [0.29, 0.717) is 15.2 Å². The molecule has 10 heteroatoms. The number of halogens is 5. The van der Waals surface area contributed by atoms with Crippen molar-refractivity contribution in [2.45, 2.75) is 12.7 Å². The van der Waals surface area contributed by atoms with E-state index in [-0.39, 0.29) is 27.9 Å². The summed E-state index contributed by atoms with van der Waals surface area (Å²) in [4.78, 5) is 24.1. The van der Waals surface area contributed by atoms with Crippen molar-refractivity contribution in [3.8, 4) is 5.75 Å². The Hall–Kier alpha value is -1.93. The number of benzene rings is 1. The molecule has 0 radical (unpaired) electrons. The molecular weight excluding hydrogens is 372 g/mol. The van der Waals surface area contributed by atoms with Gasteiger partial charge in [0.2, 0.25) is 0 Å². The minimum atomic E-state index is -4.82. The van der Waals surface area contributed by atoms with Crippen LogP contribution < -0.4 is 16.0 Å². The number of hydrogen-bond acceptors (Lipinski definition) is 3. The molecule has 0 unspecified atom stereocenters. The topological polar surface area (TPSA) is 53.2 Å². The van der Waals surface area contributed by atoms with Gasteiger partial charge in [-0.2, -0.15) is 13.2 Å². The first kappa shape index (κ1) is 18.4. The lowest BCUT2D eigenvalue weighted by Gasteiger charge is -2.15. The third-order valence-electron chi connectivity index (χ3n) is 3.32. The van der Waals surface area contributed by atoms with Gasteiger partial charge in [-0.25, -0.2) is 4.79 Å². The van der Waals surface area contributed by atoms with Gasteiger partial charge in [0.25, 0.3) is 5.56 Å². The van der Waals surface area contributed by atoms with E-state index in [2.05, 4.69) is 0 Å². The van der Waals surface area contributed by atoms with Crippen LogP contribution in [0.2, 0.25) is 10.0 Å². The van der Waals surface area contributed by atoms with Gasteiger partial charge in [-0.05, 0) is 11.6 Å².